The summed E-state index contributed by atoms with van der Waals surface area (Å²) in [5.41, 5.74) is 3.13. The van der Waals surface area contributed by atoms with Crippen LogP contribution in [0, 0.1) is 10.8 Å². The molecule has 2 aromatic rings. The van der Waals surface area contributed by atoms with Crippen LogP contribution < -0.4 is 4.90 Å². The van der Waals surface area contributed by atoms with Gasteiger partial charge in [0, 0.05) is 16.1 Å². The number of nitrogens with zero attached hydrogens (tertiary/aromatic N) is 2. The van der Waals surface area contributed by atoms with E-state index in [9.17, 15) is 0 Å². The molecule has 1 aliphatic heterocycles. The molecule has 24 heavy (non-hydrogen) atoms. The maximum atomic E-state index is 8.66. The number of hydrogen-bond donors (Lipinski definition) is 2. The number of halogens is 1. The van der Waals surface area contributed by atoms with Crippen LogP contribution >= 0.6 is 11.6 Å². The highest BCUT2D eigenvalue weighted by Crippen LogP contribution is 2.46. The Morgan fingerprint density at radius 2 is 1.79 bits per heavy atom. The van der Waals surface area contributed by atoms with Gasteiger partial charge in [0.25, 0.3) is 0 Å². The first-order valence-electron chi connectivity index (χ1n) is 7.91. The first kappa shape index (κ1) is 15.1. The third kappa shape index (κ3) is 2.26. The van der Waals surface area contributed by atoms with E-state index in [1.165, 1.54) is 0 Å². The highest BCUT2D eigenvalue weighted by Gasteiger charge is 2.52. The van der Waals surface area contributed by atoms with E-state index < -0.39 is 5.54 Å². The molecule has 1 spiro atoms. The maximum absolute atomic E-state index is 8.66. The van der Waals surface area contributed by atoms with Crippen molar-refractivity contribution in [2.45, 2.75) is 25.3 Å². The molecule has 1 aliphatic carbocycles. The standard InChI is InChI=1S/C19H17ClN4/c1-12(21)24-16-5-3-2-4-15(16)17(13-6-8-14(20)9-7-13)23-19(10-11-19)18(24)22/h2-9,21-22H,10-11H2,1H3. The van der Waals surface area contributed by atoms with E-state index in [0.29, 0.717) is 16.7 Å². The summed E-state index contributed by atoms with van der Waals surface area (Å²) in [6.07, 6.45) is 1.70. The second kappa shape index (κ2) is 5.28. The van der Waals surface area contributed by atoms with Gasteiger partial charge in [0.15, 0.2) is 0 Å². The Bertz CT molecular complexity index is 878. The first-order valence-corrected chi connectivity index (χ1v) is 8.29. The molecule has 0 bridgehead atoms. The van der Waals surface area contributed by atoms with Crippen LogP contribution in [-0.2, 0) is 0 Å². The third-order valence-corrected chi connectivity index (χ3v) is 4.82. The van der Waals surface area contributed by atoms with Gasteiger partial charge in [-0.3, -0.25) is 20.7 Å². The molecule has 1 saturated carbocycles. The second-order valence-electron chi connectivity index (χ2n) is 6.29. The molecule has 4 rings (SSSR count). The third-order valence-electron chi connectivity index (χ3n) is 4.57. The maximum Gasteiger partial charge on any atom is 0.134 e. The van der Waals surface area contributed by atoms with E-state index in [1.807, 2.05) is 48.5 Å². The number of nitrogens with one attached hydrogen (secondary N) is 2. The molecule has 0 amide bonds. The summed E-state index contributed by atoms with van der Waals surface area (Å²) in [4.78, 5) is 6.70. The largest absolute Gasteiger partial charge is 0.288 e. The Kier molecular flexibility index (Phi) is 3.32. The van der Waals surface area contributed by atoms with Gasteiger partial charge in [-0.15, -0.1) is 0 Å². The molecular weight excluding hydrogens is 320 g/mol. The average molecular weight is 337 g/mol. The number of amidine groups is 2. The van der Waals surface area contributed by atoms with Gasteiger partial charge in [0.2, 0.25) is 0 Å². The van der Waals surface area contributed by atoms with Gasteiger partial charge in [-0.25, -0.2) is 0 Å². The lowest BCUT2D eigenvalue weighted by atomic mass is 10.00. The van der Waals surface area contributed by atoms with E-state index >= 15 is 0 Å². The van der Waals surface area contributed by atoms with Crippen molar-refractivity contribution in [1.29, 1.82) is 10.8 Å². The zero-order chi connectivity index (χ0) is 16.9. The average Bonchev–Trinajstić information content (AvgIpc) is 3.36. The van der Waals surface area contributed by atoms with Crippen molar-refractivity contribution < 1.29 is 0 Å². The number of anilines is 1. The van der Waals surface area contributed by atoms with Crippen molar-refractivity contribution in [3.63, 3.8) is 0 Å². The lowest BCUT2D eigenvalue weighted by Gasteiger charge is -2.26. The lowest BCUT2D eigenvalue weighted by molar-refractivity contribution is 0.888. The number of aliphatic imine (C=N–C) groups is 1. The number of para-hydroxylation sites is 1. The molecule has 2 aliphatic rings. The fraction of sp³-hybridized carbons (Fsp3) is 0.211. The van der Waals surface area contributed by atoms with E-state index in [1.54, 1.807) is 11.8 Å². The van der Waals surface area contributed by atoms with Crippen molar-refractivity contribution in [3.05, 3.63) is 64.7 Å². The summed E-state index contributed by atoms with van der Waals surface area (Å²) in [5, 5.41) is 17.5. The lowest BCUT2D eigenvalue weighted by Crippen LogP contribution is -2.41. The zero-order valence-corrected chi connectivity index (χ0v) is 14.1. The second-order valence-corrected chi connectivity index (χ2v) is 6.72. The number of benzene rings is 2. The molecule has 0 unspecified atom stereocenters. The molecule has 0 aromatic heterocycles. The Balaban J connectivity index is 1.98. The van der Waals surface area contributed by atoms with Crippen LogP contribution in [0.2, 0.25) is 5.02 Å². The Morgan fingerprint density at radius 3 is 2.42 bits per heavy atom. The first-order chi connectivity index (χ1) is 11.5. The van der Waals surface area contributed by atoms with Crippen LogP contribution in [-0.4, -0.2) is 22.9 Å². The van der Waals surface area contributed by atoms with Crippen molar-refractivity contribution in [1.82, 2.24) is 0 Å². The minimum atomic E-state index is -0.504. The SMILES string of the molecule is CC(=N)N1C(=N)C2(CC2)N=C(c2ccc(Cl)cc2)c2ccccc21. The molecule has 0 saturated heterocycles. The predicted molar refractivity (Wildman–Crippen MR) is 99.1 cm³/mol. The Labute approximate surface area is 145 Å². The van der Waals surface area contributed by atoms with Gasteiger partial charge in [-0.2, -0.15) is 0 Å². The Morgan fingerprint density at radius 1 is 1.12 bits per heavy atom. The van der Waals surface area contributed by atoms with Crippen molar-refractivity contribution >= 4 is 34.7 Å². The molecule has 0 atom stereocenters. The highest BCUT2D eigenvalue weighted by molar-refractivity contribution is 6.31. The van der Waals surface area contributed by atoms with Gasteiger partial charge in [-0.1, -0.05) is 41.9 Å². The molecule has 1 fully saturated rings. The van der Waals surface area contributed by atoms with E-state index in [4.69, 9.17) is 27.4 Å². The van der Waals surface area contributed by atoms with Crippen LogP contribution in [0.4, 0.5) is 5.69 Å². The quantitative estimate of drug-likeness (QED) is 0.584. The predicted octanol–water partition coefficient (Wildman–Crippen LogP) is 4.50. The highest BCUT2D eigenvalue weighted by atomic mass is 35.5. The molecule has 120 valence electrons. The topological polar surface area (TPSA) is 63.3 Å². The minimum absolute atomic E-state index is 0.339. The summed E-state index contributed by atoms with van der Waals surface area (Å²) in [5.74, 6) is 0.734. The van der Waals surface area contributed by atoms with Gasteiger partial charge in [-0.05, 0) is 38.0 Å². The summed E-state index contributed by atoms with van der Waals surface area (Å²) < 4.78 is 0. The van der Waals surface area contributed by atoms with E-state index in [2.05, 4.69) is 0 Å². The van der Waals surface area contributed by atoms with Crippen LogP contribution in [0.3, 0.4) is 0 Å². The van der Waals surface area contributed by atoms with E-state index in [0.717, 1.165) is 35.4 Å². The van der Waals surface area contributed by atoms with Crippen LogP contribution in [0.15, 0.2) is 53.5 Å². The minimum Gasteiger partial charge on any atom is -0.288 e. The molecule has 4 nitrogen and oxygen atoms in total. The van der Waals surface area contributed by atoms with Gasteiger partial charge < -0.3 is 0 Å². The fourth-order valence-corrected chi connectivity index (χ4v) is 3.29. The van der Waals surface area contributed by atoms with Crippen molar-refractivity contribution in [2.24, 2.45) is 4.99 Å². The number of fused-ring (bicyclic) bond motifs is 1. The molecule has 2 aromatic carbocycles. The monoisotopic (exact) mass is 336 g/mol. The van der Waals surface area contributed by atoms with Gasteiger partial charge in [0.05, 0.1) is 11.4 Å². The Hall–Kier alpha value is -2.46. The molecule has 5 heteroatoms. The normalized spacial score (nSPS) is 18.0. The summed E-state index contributed by atoms with van der Waals surface area (Å²) >= 11 is 6.03. The van der Waals surface area contributed by atoms with Gasteiger partial charge in [0.1, 0.15) is 17.2 Å². The summed E-state index contributed by atoms with van der Waals surface area (Å²) in [7, 11) is 0. The molecule has 2 N–H and O–H groups in total. The molecule has 1 heterocycles. The summed E-state index contributed by atoms with van der Waals surface area (Å²) in [6, 6.07) is 15.5. The number of rotatable bonds is 1. The molecular formula is C19H17ClN4. The van der Waals surface area contributed by atoms with Crippen molar-refractivity contribution in [3.8, 4) is 0 Å². The van der Waals surface area contributed by atoms with Crippen LogP contribution in [0.1, 0.15) is 30.9 Å². The molecule has 0 radical (unpaired) electrons. The van der Waals surface area contributed by atoms with Crippen LogP contribution in [0.25, 0.3) is 0 Å². The van der Waals surface area contributed by atoms with Crippen LogP contribution in [0.5, 0.6) is 0 Å². The van der Waals surface area contributed by atoms with Gasteiger partial charge >= 0.3 is 0 Å². The van der Waals surface area contributed by atoms with E-state index in [-0.39, 0.29) is 0 Å². The fourth-order valence-electron chi connectivity index (χ4n) is 3.17. The zero-order valence-electron chi connectivity index (χ0n) is 13.3. The van der Waals surface area contributed by atoms with Crippen molar-refractivity contribution in [2.75, 3.05) is 4.90 Å². The number of hydrogen-bond acceptors (Lipinski definition) is 3. The summed E-state index contributed by atoms with van der Waals surface area (Å²) in [6.45, 7) is 1.72. The smallest absolute Gasteiger partial charge is 0.134 e.